The van der Waals surface area contributed by atoms with E-state index in [-0.39, 0.29) is 30.6 Å². The van der Waals surface area contributed by atoms with Crippen LogP contribution in [0.1, 0.15) is 48.0 Å². The van der Waals surface area contributed by atoms with Crippen molar-refractivity contribution in [2.75, 3.05) is 18.4 Å². The van der Waals surface area contributed by atoms with E-state index in [1.807, 2.05) is 36.4 Å². The molecule has 8 nitrogen and oxygen atoms in total. The van der Waals surface area contributed by atoms with Gasteiger partial charge < -0.3 is 20.2 Å². The molecular formula is C29H29FN4O4. The zero-order chi connectivity index (χ0) is 26.9. The van der Waals surface area contributed by atoms with E-state index in [9.17, 15) is 14.0 Å². The fraction of sp³-hybridized carbons (Fsp3) is 0.241. The number of halogens is 1. The molecule has 0 bridgehead atoms. The molecule has 196 valence electrons. The van der Waals surface area contributed by atoms with Crippen molar-refractivity contribution in [3.63, 3.8) is 0 Å². The number of aliphatic carboxylic acids is 1. The average Bonchev–Trinajstić information content (AvgIpc) is 3.42. The smallest absolute Gasteiger partial charge is 0.305 e. The maximum atomic E-state index is 13.2. The number of carboxylic acids is 1. The molecule has 0 aliphatic rings. The minimum atomic E-state index is -0.948. The van der Waals surface area contributed by atoms with E-state index >= 15 is 0 Å². The number of nitrogens with zero attached hydrogens (tertiary/aromatic N) is 2. The Bertz CT molecular complexity index is 1350. The van der Waals surface area contributed by atoms with Gasteiger partial charge in [0, 0.05) is 41.4 Å². The molecule has 0 radical (unpaired) electrons. The van der Waals surface area contributed by atoms with Gasteiger partial charge in [0.25, 0.3) is 5.91 Å². The maximum Gasteiger partial charge on any atom is 0.305 e. The van der Waals surface area contributed by atoms with Crippen LogP contribution in [0.3, 0.4) is 0 Å². The summed E-state index contributed by atoms with van der Waals surface area (Å²) in [6.45, 7) is 2.95. The minimum Gasteiger partial charge on any atom is -0.481 e. The van der Waals surface area contributed by atoms with E-state index in [1.54, 1.807) is 24.3 Å². The lowest BCUT2D eigenvalue weighted by Gasteiger charge is -2.19. The van der Waals surface area contributed by atoms with Crippen LogP contribution in [-0.4, -0.2) is 40.3 Å². The molecular weight excluding hydrogens is 487 g/mol. The van der Waals surface area contributed by atoms with Crippen molar-refractivity contribution in [2.24, 2.45) is 0 Å². The number of anilines is 1. The third-order valence-corrected chi connectivity index (χ3v) is 6.11. The lowest BCUT2D eigenvalue weighted by molar-refractivity contribution is -0.136. The maximum absolute atomic E-state index is 13.2. The third kappa shape index (κ3) is 7.03. The highest BCUT2D eigenvalue weighted by Crippen LogP contribution is 2.26. The SMILES string of the molecule is CCCC(CNc1ccc(-c2nnc(-c3ccc(F)cc3)o2)cc1)c1ccc(C(=O)NCCC(=O)O)cc1. The van der Waals surface area contributed by atoms with Gasteiger partial charge in [0.05, 0.1) is 6.42 Å². The Kier molecular flexibility index (Phi) is 8.81. The Morgan fingerprint density at radius 3 is 2.11 bits per heavy atom. The van der Waals surface area contributed by atoms with Crippen LogP contribution in [0.15, 0.2) is 77.2 Å². The molecule has 38 heavy (non-hydrogen) atoms. The third-order valence-electron chi connectivity index (χ3n) is 6.11. The Balaban J connectivity index is 1.35. The number of hydrogen-bond donors (Lipinski definition) is 3. The normalized spacial score (nSPS) is 11.6. The van der Waals surface area contributed by atoms with Crippen LogP contribution in [0.4, 0.5) is 10.1 Å². The number of hydrogen-bond acceptors (Lipinski definition) is 6. The number of rotatable bonds is 12. The molecule has 1 atom stereocenters. The first-order chi connectivity index (χ1) is 18.4. The number of benzene rings is 3. The number of aromatic nitrogens is 2. The summed E-state index contributed by atoms with van der Waals surface area (Å²) in [5, 5.41) is 23.0. The number of carbonyl (C=O) groups is 2. The van der Waals surface area contributed by atoms with Gasteiger partial charge in [-0.05, 0) is 72.6 Å². The lowest BCUT2D eigenvalue weighted by atomic mass is 9.93. The van der Waals surface area contributed by atoms with Gasteiger partial charge in [0.15, 0.2) is 0 Å². The van der Waals surface area contributed by atoms with Crippen LogP contribution in [-0.2, 0) is 4.79 Å². The molecule has 0 aliphatic carbocycles. The quantitative estimate of drug-likeness (QED) is 0.220. The Morgan fingerprint density at radius 1 is 0.921 bits per heavy atom. The predicted octanol–water partition coefficient (Wildman–Crippen LogP) is 5.74. The van der Waals surface area contributed by atoms with Gasteiger partial charge >= 0.3 is 5.97 Å². The van der Waals surface area contributed by atoms with E-state index in [0.29, 0.717) is 29.5 Å². The molecule has 3 aromatic carbocycles. The largest absolute Gasteiger partial charge is 0.481 e. The van der Waals surface area contributed by atoms with Crippen molar-refractivity contribution >= 4 is 17.6 Å². The van der Waals surface area contributed by atoms with E-state index < -0.39 is 5.97 Å². The molecule has 9 heteroatoms. The minimum absolute atomic E-state index is 0.0962. The highest BCUT2D eigenvalue weighted by molar-refractivity contribution is 5.94. The highest BCUT2D eigenvalue weighted by Gasteiger charge is 2.14. The summed E-state index contributed by atoms with van der Waals surface area (Å²) < 4.78 is 18.9. The molecule has 3 N–H and O–H groups in total. The molecule has 0 fully saturated rings. The molecule has 0 spiro atoms. The second-order valence-corrected chi connectivity index (χ2v) is 8.88. The summed E-state index contributed by atoms with van der Waals surface area (Å²) in [5.41, 5.74) is 4.00. The van der Waals surface area contributed by atoms with Crippen molar-refractivity contribution in [3.05, 3.63) is 89.7 Å². The molecule has 1 aromatic heterocycles. The van der Waals surface area contributed by atoms with E-state index in [1.165, 1.54) is 12.1 Å². The number of amides is 1. The van der Waals surface area contributed by atoms with E-state index in [0.717, 1.165) is 29.7 Å². The second kappa shape index (κ2) is 12.6. The second-order valence-electron chi connectivity index (χ2n) is 8.88. The van der Waals surface area contributed by atoms with Gasteiger partial charge in [-0.1, -0.05) is 25.5 Å². The monoisotopic (exact) mass is 516 g/mol. The first-order valence-corrected chi connectivity index (χ1v) is 12.5. The van der Waals surface area contributed by atoms with Gasteiger partial charge in [-0.2, -0.15) is 0 Å². The summed E-state index contributed by atoms with van der Waals surface area (Å²) in [6, 6.07) is 21.0. The molecule has 0 saturated heterocycles. The summed E-state index contributed by atoms with van der Waals surface area (Å²) in [5.74, 6) is -0.602. The predicted molar refractivity (Wildman–Crippen MR) is 142 cm³/mol. The molecule has 1 heterocycles. The first-order valence-electron chi connectivity index (χ1n) is 12.5. The highest BCUT2D eigenvalue weighted by atomic mass is 19.1. The van der Waals surface area contributed by atoms with Crippen LogP contribution in [0.25, 0.3) is 22.9 Å². The molecule has 4 aromatic rings. The average molecular weight is 517 g/mol. The van der Waals surface area contributed by atoms with Crippen molar-refractivity contribution in [2.45, 2.75) is 32.1 Å². The molecule has 1 amide bonds. The van der Waals surface area contributed by atoms with Crippen molar-refractivity contribution in [1.29, 1.82) is 0 Å². The van der Waals surface area contributed by atoms with Crippen molar-refractivity contribution < 1.29 is 23.5 Å². The first kappa shape index (κ1) is 26.5. The van der Waals surface area contributed by atoms with Gasteiger partial charge in [0.2, 0.25) is 11.8 Å². The topological polar surface area (TPSA) is 117 Å². The fourth-order valence-corrected chi connectivity index (χ4v) is 4.05. The summed E-state index contributed by atoms with van der Waals surface area (Å²) >= 11 is 0. The molecule has 4 rings (SSSR count). The van der Waals surface area contributed by atoms with Gasteiger partial charge in [-0.3, -0.25) is 9.59 Å². The summed E-state index contributed by atoms with van der Waals surface area (Å²) in [7, 11) is 0. The summed E-state index contributed by atoms with van der Waals surface area (Å²) in [4.78, 5) is 22.8. The van der Waals surface area contributed by atoms with Gasteiger partial charge in [-0.15, -0.1) is 10.2 Å². The van der Waals surface area contributed by atoms with E-state index in [4.69, 9.17) is 9.52 Å². The molecule has 1 unspecified atom stereocenters. The summed E-state index contributed by atoms with van der Waals surface area (Å²) in [6.07, 6.45) is 1.88. The number of nitrogens with one attached hydrogen (secondary N) is 2. The lowest BCUT2D eigenvalue weighted by Crippen LogP contribution is -2.26. The van der Waals surface area contributed by atoms with E-state index in [2.05, 4.69) is 27.8 Å². The Hall–Kier alpha value is -4.53. The van der Waals surface area contributed by atoms with Crippen LogP contribution >= 0.6 is 0 Å². The fourth-order valence-electron chi connectivity index (χ4n) is 4.05. The molecule has 0 aliphatic heterocycles. The standard InChI is InChI=1S/C29H29FN4O4/c1-2-3-23(19-4-6-20(7-5-19)27(37)31-17-16-26(35)36)18-32-25-14-10-22(11-15-25)29-34-33-28(38-29)21-8-12-24(30)13-9-21/h4-15,23,32H,2-3,16-18H2,1H3,(H,31,37)(H,35,36). The zero-order valence-corrected chi connectivity index (χ0v) is 21.0. The number of carboxylic acid groups (broad SMARTS) is 1. The Labute approximate surface area is 219 Å². The van der Waals surface area contributed by atoms with Crippen LogP contribution in [0, 0.1) is 5.82 Å². The van der Waals surface area contributed by atoms with Crippen LogP contribution < -0.4 is 10.6 Å². The van der Waals surface area contributed by atoms with Crippen LogP contribution in [0.5, 0.6) is 0 Å². The number of carbonyl (C=O) groups excluding carboxylic acids is 1. The van der Waals surface area contributed by atoms with Gasteiger partial charge in [-0.25, -0.2) is 4.39 Å². The Morgan fingerprint density at radius 2 is 1.53 bits per heavy atom. The van der Waals surface area contributed by atoms with Crippen molar-refractivity contribution in [1.82, 2.24) is 15.5 Å². The molecule has 0 saturated carbocycles. The van der Waals surface area contributed by atoms with Gasteiger partial charge in [0.1, 0.15) is 5.82 Å². The van der Waals surface area contributed by atoms with Crippen LogP contribution in [0.2, 0.25) is 0 Å². The van der Waals surface area contributed by atoms with Crippen molar-refractivity contribution in [3.8, 4) is 22.9 Å². The zero-order valence-electron chi connectivity index (χ0n) is 21.0.